The van der Waals surface area contributed by atoms with E-state index in [4.69, 9.17) is 17.3 Å². The van der Waals surface area contributed by atoms with Gasteiger partial charge in [0.1, 0.15) is 0 Å². The number of hydrogen-bond acceptors (Lipinski definition) is 3. The Morgan fingerprint density at radius 1 is 1.45 bits per heavy atom. The lowest BCUT2D eigenvalue weighted by molar-refractivity contribution is 0.653. The molecule has 0 bridgehead atoms. The summed E-state index contributed by atoms with van der Waals surface area (Å²) in [6.07, 6.45) is 0.730. The summed E-state index contributed by atoms with van der Waals surface area (Å²) >= 11 is 11.5. The first-order valence-electron chi connectivity index (χ1n) is 6.30. The molecule has 0 radical (unpaired) electrons. The Labute approximate surface area is 137 Å². The molecule has 6 heteroatoms. The van der Waals surface area contributed by atoms with E-state index < -0.39 is 0 Å². The van der Waals surface area contributed by atoms with E-state index in [1.54, 1.807) is 11.8 Å². The lowest BCUT2D eigenvalue weighted by Gasteiger charge is -2.12. The normalized spacial score (nSPS) is 12.7. The minimum absolute atomic E-state index is 0.0411. The predicted molar refractivity (Wildman–Crippen MR) is 89.5 cm³/mol. The molecule has 3 nitrogen and oxygen atoms in total. The van der Waals surface area contributed by atoms with Gasteiger partial charge >= 0.3 is 0 Å². The van der Waals surface area contributed by atoms with Gasteiger partial charge in [-0.05, 0) is 35.0 Å². The molecule has 0 aliphatic rings. The van der Waals surface area contributed by atoms with Crippen LogP contribution in [0.5, 0.6) is 0 Å². The zero-order chi connectivity index (χ0) is 14.7. The molecule has 0 saturated heterocycles. The highest BCUT2D eigenvalue weighted by atomic mass is 79.9. The summed E-state index contributed by atoms with van der Waals surface area (Å²) < 4.78 is 2.92. The molecule has 108 valence electrons. The monoisotopic (exact) mass is 373 g/mol. The Morgan fingerprint density at radius 2 is 2.15 bits per heavy atom. The van der Waals surface area contributed by atoms with Crippen LogP contribution in [0.3, 0.4) is 0 Å². The average Bonchev–Trinajstić information content (AvgIpc) is 2.64. The van der Waals surface area contributed by atoms with E-state index in [0.717, 1.165) is 33.1 Å². The molecule has 1 heterocycles. The number of thioether (sulfide) groups is 1. The van der Waals surface area contributed by atoms with E-state index in [1.165, 1.54) is 4.90 Å². The van der Waals surface area contributed by atoms with Crippen molar-refractivity contribution >= 4 is 39.3 Å². The number of nitrogens with two attached hydrogens (primary N) is 1. The Bertz CT molecular complexity index is 600. The zero-order valence-corrected chi connectivity index (χ0v) is 14.6. The largest absolute Gasteiger partial charge is 0.327 e. The second kappa shape index (κ2) is 6.98. The van der Waals surface area contributed by atoms with Crippen molar-refractivity contribution in [2.45, 2.75) is 24.3 Å². The van der Waals surface area contributed by atoms with Crippen molar-refractivity contribution in [2.24, 2.45) is 12.8 Å². The summed E-state index contributed by atoms with van der Waals surface area (Å²) in [7, 11) is 1.90. The summed E-state index contributed by atoms with van der Waals surface area (Å²) in [5.74, 6) is 0.836. The zero-order valence-electron chi connectivity index (χ0n) is 11.4. The van der Waals surface area contributed by atoms with Gasteiger partial charge < -0.3 is 5.73 Å². The Kier molecular flexibility index (Phi) is 5.55. The first-order chi connectivity index (χ1) is 9.49. The van der Waals surface area contributed by atoms with E-state index in [2.05, 4.69) is 27.1 Å². The molecule has 2 rings (SSSR count). The second-order valence-corrected chi connectivity index (χ2v) is 6.97. The predicted octanol–water partition coefficient (Wildman–Crippen LogP) is 3.81. The van der Waals surface area contributed by atoms with Gasteiger partial charge in [-0.2, -0.15) is 5.10 Å². The van der Waals surface area contributed by atoms with E-state index in [1.807, 2.05) is 36.9 Å². The van der Waals surface area contributed by atoms with Gasteiger partial charge in [0.2, 0.25) is 0 Å². The van der Waals surface area contributed by atoms with Gasteiger partial charge in [0.15, 0.2) is 0 Å². The van der Waals surface area contributed by atoms with Crippen molar-refractivity contribution in [3.05, 3.63) is 45.1 Å². The van der Waals surface area contributed by atoms with Crippen molar-refractivity contribution in [3.8, 4) is 0 Å². The molecule has 0 fully saturated rings. The van der Waals surface area contributed by atoms with Crippen molar-refractivity contribution in [2.75, 3.05) is 5.75 Å². The Balaban J connectivity index is 1.96. The van der Waals surface area contributed by atoms with E-state index >= 15 is 0 Å². The minimum Gasteiger partial charge on any atom is -0.327 e. The molecule has 1 atom stereocenters. The molecule has 0 spiro atoms. The summed E-state index contributed by atoms with van der Waals surface area (Å²) in [5.41, 5.74) is 8.08. The maximum absolute atomic E-state index is 6.25. The lowest BCUT2D eigenvalue weighted by atomic mass is 10.2. The molecule has 2 N–H and O–H groups in total. The molecule has 0 amide bonds. The average molecular weight is 375 g/mol. The van der Waals surface area contributed by atoms with E-state index in [9.17, 15) is 0 Å². The summed E-state index contributed by atoms with van der Waals surface area (Å²) in [6, 6.07) is 8.20. The standard InChI is InChI=1S/C14H17BrClN3S/c1-9-14(16)12(19(2)18-9)7-10(17)8-20-13-6-4-3-5-11(13)15/h3-6,10H,7-8,17H2,1-2H3. The van der Waals surface area contributed by atoms with Crippen LogP contribution in [0.1, 0.15) is 11.4 Å². The molecule has 20 heavy (non-hydrogen) atoms. The van der Waals surface area contributed by atoms with Crippen LogP contribution in [0.25, 0.3) is 0 Å². The van der Waals surface area contributed by atoms with Gasteiger partial charge in [-0.25, -0.2) is 0 Å². The highest BCUT2D eigenvalue weighted by molar-refractivity contribution is 9.10. The minimum atomic E-state index is 0.0411. The van der Waals surface area contributed by atoms with Crippen LogP contribution in [0, 0.1) is 6.92 Å². The van der Waals surface area contributed by atoms with E-state index in [0.29, 0.717) is 0 Å². The van der Waals surface area contributed by atoms with Crippen LogP contribution < -0.4 is 5.73 Å². The smallest absolute Gasteiger partial charge is 0.0847 e. The van der Waals surface area contributed by atoms with Gasteiger partial charge in [-0.3, -0.25) is 4.68 Å². The van der Waals surface area contributed by atoms with Gasteiger partial charge in [0.25, 0.3) is 0 Å². The molecular weight excluding hydrogens is 358 g/mol. The molecule has 1 unspecified atom stereocenters. The third kappa shape index (κ3) is 3.79. The number of hydrogen-bond donors (Lipinski definition) is 1. The molecule has 0 aliphatic heterocycles. The van der Waals surface area contributed by atoms with Crippen LogP contribution >= 0.6 is 39.3 Å². The Hall–Kier alpha value is -0.490. The number of nitrogens with zero attached hydrogens (tertiary/aromatic N) is 2. The maximum atomic E-state index is 6.25. The Morgan fingerprint density at radius 3 is 2.75 bits per heavy atom. The molecule has 0 aliphatic carbocycles. The van der Waals surface area contributed by atoms with Crippen molar-refractivity contribution < 1.29 is 0 Å². The van der Waals surface area contributed by atoms with Crippen LogP contribution in [-0.4, -0.2) is 21.6 Å². The topological polar surface area (TPSA) is 43.8 Å². The number of benzene rings is 1. The fraction of sp³-hybridized carbons (Fsp3) is 0.357. The van der Waals surface area contributed by atoms with Gasteiger partial charge in [0.05, 0.1) is 16.4 Å². The molecule has 2 aromatic rings. The molecule has 1 aromatic carbocycles. The lowest BCUT2D eigenvalue weighted by Crippen LogP contribution is -2.26. The van der Waals surface area contributed by atoms with Gasteiger partial charge in [-0.1, -0.05) is 23.7 Å². The first kappa shape index (κ1) is 15.9. The second-order valence-electron chi connectivity index (χ2n) is 4.68. The summed E-state index contributed by atoms with van der Waals surface area (Å²) in [6.45, 7) is 1.91. The molecule has 0 saturated carbocycles. The first-order valence-corrected chi connectivity index (χ1v) is 8.45. The van der Waals surface area contributed by atoms with Gasteiger partial charge in [0, 0.05) is 34.6 Å². The fourth-order valence-corrected chi connectivity index (χ4v) is 3.73. The van der Waals surface area contributed by atoms with Crippen LogP contribution in [0.2, 0.25) is 5.02 Å². The SMILES string of the molecule is Cc1nn(C)c(CC(N)CSc2ccccc2Br)c1Cl. The number of rotatable bonds is 5. The van der Waals surface area contributed by atoms with Crippen LogP contribution in [0.4, 0.5) is 0 Å². The quantitative estimate of drug-likeness (QED) is 0.809. The van der Waals surface area contributed by atoms with E-state index in [-0.39, 0.29) is 6.04 Å². The maximum Gasteiger partial charge on any atom is 0.0847 e. The number of halogens is 2. The van der Waals surface area contributed by atoms with Crippen molar-refractivity contribution in [3.63, 3.8) is 0 Å². The molecule has 1 aromatic heterocycles. The highest BCUT2D eigenvalue weighted by Gasteiger charge is 2.15. The fourth-order valence-electron chi connectivity index (χ4n) is 1.97. The number of aromatic nitrogens is 2. The van der Waals surface area contributed by atoms with Crippen molar-refractivity contribution in [1.82, 2.24) is 9.78 Å². The van der Waals surface area contributed by atoms with Gasteiger partial charge in [-0.15, -0.1) is 11.8 Å². The van der Waals surface area contributed by atoms with Crippen LogP contribution in [-0.2, 0) is 13.5 Å². The summed E-state index contributed by atoms with van der Waals surface area (Å²) in [4.78, 5) is 1.20. The number of aryl methyl sites for hydroxylation is 2. The third-order valence-corrected chi connectivity index (χ3v) is 5.71. The van der Waals surface area contributed by atoms with Crippen molar-refractivity contribution in [1.29, 1.82) is 0 Å². The third-order valence-electron chi connectivity index (χ3n) is 3.01. The van der Waals surface area contributed by atoms with Crippen LogP contribution in [0.15, 0.2) is 33.6 Å². The molecular formula is C14H17BrClN3S. The highest BCUT2D eigenvalue weighted by Crippen LogP contribution is 2.28. The summed E-state index contributed by atoms with van der Waals surface area (Å²) in [5, 5.41) is 5.04.